The topological polar surface area (TPSA) is 35.5 Å². The van der Waals surface area contributed by atoms with Crippen LogP contribution in [0.3, 0.4) is 0 Å². The van der Waals surface area contributed by atoms with Gasteiger partial charge in [0.05, 0.1) is 11.3 Å². The number of halogens is 1. The molecule has 0 bridgehead atoms. The first-order valence-corrected chi connectivity index (χ1v) is 7.91. The molecule has 2 rings (SSSR count). The van der Waals surface area contributed by atoms with Crippen LogP contribution in [0.4, 0.5) is 10.1 Å². The van der Waals surface area contributed by atoms with E-state index in [4.69, 9.17) is 0 Å². The van der Waals surface area contributed by atoms with E-state index >= 15 is 0 Å². The van der Waals surface area contributed by atoms with E-state index in [0.29, 0.717) is 12.2 Å². The van der Waals surface area contributed by atoms with Crippen LogP contribution in [0.1, 0.15) is 51.1 Å². The third-order valence-corrected chi connectivity index (χ3v) is 4.46. The van der Waals surface area contributed by atoms with Gasteiger partial charge in [-0.3, -0.25) is 0 Å². The lowest BCUT2D eigenvalue weighted by molar-refractivity contribution is 0.0558. The molecule has 1 aromatic rings. The molecule has 0 aromatic heterocycles. The summed E-state index contributed by atoms with van der Waals surface area (Å²) in [5.74, 6) is -0.221. The second kappa shape index (κ2) is 6.75. The molecule has 3 nitrogen and oxygen atoms in total. The third kappa shape index (κ3) is 3.95. The van der Waals surface area contributed by atoms with Gasteiger partial charge in [0.2, 0.25) is 0 Å². The zero-order valence-electron chi connectivity index (χ0n) is 13.3. The summed E-state index contributed by atoms with van der Waals surface area (Å²) in [5.41, 5.74) is 0.852. The van der Waals surface area contributed by atoms with E-state index in [0.717, 1.165) is 37.8 Å². The fourth-order valence-electron chi connectivity index (χ4n) is 3.24. The molecule has 1 atom stereocenters. The van der Waals surface area contributed by atoms with Crippen molar-refractivity contribution in [1.82, 2.24) is 5.32 Å². The number of rotatable bonds is 6. The monoisotopic (exact) mass is 294 g/mol. The number of nitrogens with one attached hydrogen (secondary N) is 1. The Bertz CT molecular complexity index is 472. The highest BCUT2D eigenvalue weighted by Crippen LogP contribution is 2.32. The van der Waals surface area contributed by atoms with Crippen molar-refractivity contribution < 1.29 is 9.50 Å². The summed E-state index contributed by atoms with van der Waals surface area (Å²) < 4.78 is 14.3. The number of anilines is 1. The van der Waals surface area contributed by atoms with Crippen molar-refractivity contribution in [3.05, 3.63) is 29.6 Å². The minimum Gasteiger partial charge on any atom is -0.388 e. The summed E-state index contributed by atoms with van der Waals surface area (Å²) in [7, 11) is 1.85. The molecule has 0 heterocycles. The van der Waals surface area contributed by atoms with Gasteiger partial charge in [-0.2, -0.15) is 0 Å². The largest absolute Gasteiger partial charge is 0.388 e. The van der Waals surface area contributed by atoms with E-state index in [2.05, 4.69) is 5.32 Å². The second-order valence-corrected chi connectivity index (χ2v) is 6.28. The van der Waals surface area contributed by atoms with Crippen molar-refractivity contribution in [2.45, 2.75) is 51.2 Å². The molecule has 21 heavy (non-hydrogen) atoms. The summed E-state index contributed by atoms with van der Waals surface area (Å²) in [5, 5.41) is 13.7. The highest BCUT2D eigenvalue weighted by atomic mass is 19.1. The van der Waals surface area contributed by atoms with Crippen LogP contribution in [0.2, 0.25) is 0 Å². The first-order chi connectivity index (χ1) is 9.95. The van der Waals surface area contributed by atoms with Crippen LogP contribution in [0.5, 0.6) is 0 Å². The quantitative estimate of drug-likeness (QED) is 0.845. The van der Waals surface area contributed by atoms with Crippen molar-refractivity contribution in [1.29, 1.82) is 0 Å². The molecule has 0 spiro atoms. The summed E-state index contributed by atoms with van der Waals surface area (Å²) >= 11 is 0. The van der Waals surface area contributed by atoms with Crippen LogP contribution in [0, 0.1) is 5.82 Å². The van der Waals surface area contributed by atoms with Gasteiger partial charge < -0.3 is 15.3 Å². The lowest BCUT2D eigenvalue weighted by Gasteiger charge is -2.30. The van der Waals surface area contributed by atoms with Gasteiger partial charge in [0.15, 0.2) is 0 Å². The molecule has 1 fully saturated rings. The minimum atomic E-state index is -0.656. The first kappa shape index (κ1) is 16.2. The SMILES string of the molecule is CCNC(C)c1ccc(N(C)CC2(O)CCCC2)c(F)c1. The van der Waals surface area contributed by atoms with Gasteiger partial charge in [0.1, 0.15) is 5.82 Å². The molecule has 0 aliphatic heterocycles. The molecule has 2 N–H and O–H groups in total. The Kier molecular flexibility index (Phi) is 5.22. The van der Waals surface area contributed by atoms with Crippen LogP contribution < -0.4 is 10.2 Å². The Morgan fingerprint density at radius 1 is 1.38 bits per heavy atom. The Morgan fingerprint density at radius 3 is 2.62 bits per heavy atom. The van der Waals surface area contributed by atoms with Gasteiger partial charge in [-0.05, 0) is 44.0 Å². The summed E-state index contributed by atoms with van der Waals surface area (Å²) in [4.78, 5) is 1.84. The van der Waals surface area contributed by atoms with E-state index < -0.39 is 5.60 Å². The zero-order chi connectivity index (χ0) is 15.5. The summed E-state index contributed by atoms with van der Waals surface area (Å²) in [6.07, 6.45) is 3.75. The van der Waals surface area contributed by atoms with Crippen LogP contribution in [-0.4, -0.2) is 30.8 Å². The van der Waals surface area contributed by atoms with Gasteiger partial charge in [0, 0.05) is 19.6 Å². The molecular formula is C17H27FN2O. The van der Waals surface area contributed by atoms with Gasteiger partial charge in [-0.1, -0.05) is 25.8 Å². The molecule has 0 amide bonds. The van der Waals surface area contributed by atoms with Crippen LogP contribution in [0.25, 0.3) is 0 Å². The van der Waals surface area contributed by atoms with E-state index in [9.17, 15) is 9.50 Å². The average molecular weight is 294 g/mol. The maximum Gasteiger partial charge on any atom is 0.146 e. The Hall–Kier alpha value is -1.13. The van der Waals surface area contributed by atoms with Gasteiger partial charge in [-0.15, -0.1) is 0 Å². The van der Waals surface area contributed by atoms with Crippen LogP contribution in [0.15, 0.2) is 18.2 Å². The number of likely N-dealkylation sites (N-methyl/N-ethyl adjacent to an activating group) is 1. The molecule has 1 aliphatic rings. The normalized spacial score (nSPS) is 18.7. The maximum atomic E-state index is 14.3. The number of aliphatic hydroxyl groups is 1. The van der Waals surface area contributed by atoms with Crippen molar-refractivity contribution in [3.63, 3.8) is 0 Å². The average Bonchev–Trinajstić information content (AvgIpc) is 2.85. The van der Waals surface area contributed by atoms with E-state index in [1.165, 1.54) is 0 Å². The zero-order valence-corrected chi connectivity index (χ0v) is 13.3. The van der Waals surface area contributed by atoms with Crippen LogP contribution >= 0.6 is 0 Å². The maximum absolute atomic E-state index is 14.3. The van der Waals surface area contributed by atoms with Crippen molar-refractivity contribution in [2.24, 2.45) is 0 Å². The van der Waals surface area contributed by atoms with Gasteiger partial charge in [0.25, 0.3) is 0 Å². The molecular weight excluding hydrogens is 267 g/mol. The predicted molar refractivity (Wildman–Crippen MR) is 85.2 cm³/mol. The number of nitrogens with zero attached hydrogens (tertiary/aromatic N) is 1. The Balaban J connectivity index is 2.09. The van der Waals surface area contributed by atoms with E-state index in [1.54, 1.807) is 6.07 Å². The van der Waals surface area contributed by atoms with Crippen molar-refractivity contribution >= 4 is 5.69 Å². The summed E-state index contributed by atoms with van der Waals surface area (Å²) in [6.45, 7) is 5.42. The molecule has 1 aromatic carbocycles. The lowest BCUT2D eigenvalue weighted by atomic mass is 10.0. The Morgan fingerprint density at radius 2 is 2.05 bits per heavy atom. The standard InChI is InChI=1S/C17H27FN2O/c1-4-19-13(2)14-7-8-16(15(18)11-14)20(3)12-17(21)9-5-6-10-17/h7-8,11,13,19,21H,4-6,9-10,12H2,1-3H3. The predicted octanol–water partition coefficient (Wildman–Crippen LogP) is 3.24. The lowest BCUT2D eigenvalue weighted by Crippen LogP contribution is -2.39. The molecule has 0 radical (unpaired) electrons. The second-order valence-electron chi connectivity index (χ2n) is 6.28. The number of hydrogen-bond acceptors (Lipinski definition) is 3. The third-order valence-electron chi connectivity index (χ3n) is 4.46. The van der Waals surface area contributed by atoms with Crippen molar-refractivity contribution in [2.75, 3.05) is 25.0 Å². The Labute approximate surface area is 127 Å². The molecule has 118 valence electrons. The van der Waals surface area contributed by atoms with Crippen molar-refractivity contribution in [3.8, 4) is 0 Å². The molecule has 4 heteroatoms. The van der Waals surface area contributed by atoms with Gasteiger partial charge >= 0.3 is 0 Å². The summed E-state index contributed by atoms with van der Waals surface area (Å²) in [6, 6.07) is 5.51. The van der Waals surface area contributed by atoms with Gasteiger partial charge in [-0.25, -0.2) is 4.39 Å². The molecule has 1 unspecified atom stereocenters. The van der Waals surface area contributed by atoms with E-state index in [1.807, 2.05) is 37.9 Å². The van der Waals surface area contributed by atoms with E-state index in [-0.39, 0.29) is 11.9 Å². The molecule has 1 saturated carbocycles. The highest BCUT2D eigenvalue weighted by Gasteiger charge is 2.32. The van der Waals surface area contributed by atoms with Crippen LogP contribution in [-0.2, 0) is 0 Å². The number of benzene rings is 1. The molecule has 1 aliphatic carbocycles. The minimum absolute atomic E-state index is 0.142. The fourth-order valence-corrected chi connectivity index (χ4v) is 3.24. The highest BCUT2D eigenvalue weighted by molar-refractivity contribution is 5.49. The number of hydrogen-bond donors (Lipinski definition) is 2. The first-order valence-electron chi connectivity index (χ1n) is 7.91. The fraction of sp³-hybridized carbons (Fsp3) is 0.647. The smallest absolute Gasteiger partial charge is 0.146 e. The molecule has 0 saturated heterocycles.